The Morgan fingerprint density at radius 3 is 2.29 bits per heavy atom. The minimum absolute atomic E-state index is 0.105. The molecular formula is C28H26F4N4O2. The van der Waals surface area contributed by atoms with Crippen molar-refractivity contribution in [3.05, 3.63) is 111 Å². The SMILES string of the molecule is Cc1ccccc1-c1nn(CC(=O)NC(C)(C)c2cccc(C(F)(F)F)c2)c(=O)n1Cc1ccccc1F. The number of nitrogens with zero attached hydrogens (tertiary/aromatic N) is 3. The number of aromatic nitrogens is 3. The lowest BCUT2D eigenvalue weighted by Gasteiger charge is -2.27. The van der Waals surface area contributed by atoms with Crippen molar-refractivity contribution < 1.29 is 22.4 Å². The van der Waals surface area contributed by atoms with Gasteiger partial charge in [-0.25, -0.2) is 13.9 Å². The third-order valence-electron chi connectivity index (χ3n) is 6.25. The molecule has 0 atom stereocenters. The summed E-state index contributed by atoms with van der Waals surface area (Å²) < 4.78 is 56.2. The van der Waals surface area contributed by atoms with Crippen LogP contribution in [0.15, 0.2) is 77.6 Å². The van der Waals surface area contributed by atoms with Gasteiger partial charge in [-0.15, -0.1) is 5.10 Å². The topological polar surface area (TPSA) is 68.9 Å². The first-order valence-electron chi connectivity index (χ1n) is 11.8. The number of alkyl halides is 3. The van der Waals surface area contributed by atoms with Gasteiger partial charge in [0.25, 0.3) is 0 Å². The fourth-order valence-electron chi connectivity index (χ4n) is 4.19. The van der Waals surface area contributed by atoms with Crippen LogP contribution in [0.4, 0.5) is 17.6 Å². The van der Waals surface area contributed by atoms with Crippen LogP contribution >= 0.6 is 0 Å². The van der Waals surface area contributed by atoms with E-state index in [1.165, 1.54) is 22.8 Å². The Balaban J connectivity index is 1.65. The van der Waals surface area contributed by atoms with E-state index in [9.17, 15) is 27.2 Å². The predicted octanol–water partition coefficient (Wildman–Crippen LogP) is 5.28. The van der Waals surface area contributed by atoms with Crippen LogP contribution in [-0.2, 0) is 29.6 Å². The van der Waals surface area contributed by atoms with Gasteiger partial charge in [0.15, 0.2) is 5.82 Å². The summed E-state index contributed by atoms with van der Waals surface area (Å²) in [6.07, 6.45) is -4.53. The molecule has 0 aliphatic carbocycles. The lowest BCUT2D eigenvalue weighted by Crippen LogP contribution is -2.44. The second-order valence-corrected chi connectivity index (χ2v) is 9.51. The van der Waals surface area contributed by atoms with E-state index in [-0.39, 0.29) is 23.5 Å². The molecule has 0 saturated carbocycles. The Morgan fingerprint density at radius 1 is 0.947 bits per heavy atom. The zero-order chi connectivity index (χ0) is 27.7. The first-order valence-corrected chi connectivity index (χ1v) is 11.8. The molecule has 6 nitrogen and oxygen atoms in total. The lowest BCUT2D eigenvalue weighted by atomic mass is 9.92. The maximum absolute atomic E-state index is 14.4. The quantitative estimate of drug-likeness (QED) is 0.333. The van der Waals surface area contributed by atoms with E-state index in [2.05, 4.69) is 10.4 Å². The lowest BCUT2D eigenvalue weighted by molar-refractivity contribution is -0.137. The van der Waals surface area contributed by atoms with Gasteiger partial charge in [0.2, 0.25) is 5.91 Å². The Hall–Kier alpha value is -4.21. The van der Waals surface area contributed by atoms with Crippen LogP contribution in [0.5, 0.6) is 0 Å². The van der Waals surface area contributed by atoms with E-state index < -0.39 is 41.2 Å². The fourth-order valence-corrected chi connectivity index (χ4v) is 4.19. The second-order valence-electron chi connectivity index (χ2n) is 9.51. The molecule has 10 heteroatoms. The van der Waals surface area contributed by atoms with Gasteiger partial charge in [-0.2, -0.15) is 13.2 Å². The molecule has 1 amide bonds. The zero-order valence-electron chi connectivity index (χ0n) is 21.0. The van der Waals surface area contributed by atoms with Crippen LogP contribution in [-0.4, -0.2) is 20.3 Å². The average Bonchev–Trinajstić information content (AvgIpc) is 3.14. The smallest absolute Gasteiger partial charge is 0.346 e. The second kappa shape index (κ2) is 10.3. The predicted molar refractivity (Wildman–Crippen MR) is 135 cm³/mol. The largest absolute Gasteiger partial charge is 0.416 e. The Labute approximate surface area is 216 Å². The van der Waals surface area contributed by atoms with Gasteiger partial charge in [0.1, 0.15) is 12.4 Å². The van der Waals surface area contributed by atoms with Crippen molar-refractivity contribution in [2.75, 3.05) is 0 Å². The monoisotopic (exact) mass is 526 g/mol. The van der Waals surface area contributed by atoms with Gasteiger partial charge in [-0.3, -0.25) is 9.36 Å². The first-order chi connectivity index (χ1) is 17.9. The molecule has 1 aromatic heterocycles. The third kappa shape index (κ3) is 5.69. The molecule has 1 heterocycles. The Bertz CT molecular complexity index is 1540. The van der Waals surface area contributed by atoms with Gasteiger partial charge in [-0.05, 0) is 50.1 Å². The summed E-state index contributed by atoms with van der Waals surface area (Å²) in [5, 5.41) is 7.08. The first kappa shape index (κ1) is 26.8. The van der Waals surface area contributed by atoms with Crippen LogP contribution in [0, 0.1) is 12.7 Å². The number of benzene rings is 3. The van der Waals surface area contributed by atoms with Crippen molar-refractivity contribution in [2.24, 2.45) is 0 Å². The normalized spacial score (nSPS) is 12.0. The summed E-state index contributed by atoms with van der Waals surface area (Å²) in [5.74, 6) is -0.842. The van der Waals surface area contributed by atoms with Crippen molar-refractivity contribution in [3.63, 3.8) is 0 Å². The minimum Gasteiger partial charge on any atom is -0.346 e. The molecule has 1 N–H and O–H groups in total. The van der Waals surface area contributed by atoms with Gasteiger partial charge in [0.05, 0.1) is 17.6 Å². The molecule has 0 aliphatic heterocycles. The van der Waals surface area contributed by atoms with E-state index in [0.717, 1.165) is 22.4 Å². The Morgan fingerprint density at radius 2 is 1.61 bits per heavy atom. The number of halogens is 4. The Kier molecular flexibility index (Phi) is 7.26. The number of carbonyl (C=O) groups is 1. The van der Waals surface area contributed by atoms with E-state index >= 15 is 0 Å². The number of amides is 1. The fraction of sp³-hybridized carbons (Fsp3) is 0.250. The molecule has 0 unspecified atom stereocenters. The van der Waals surface area contributed by atoms with E-state index in [1.54, 1.807) is 44.2 Å². The minimum atomic E-state index is -4.53. The summed E-state index contributed by atoms with van der Waals surface area (Å²) in [7, 11) is 0. The highest BCUT2D eigenvalue weighted by atomic mass is 19.4. The molecule has 3 aromatic carbocycles. The number of aryl methyl sites for hydroxylation is 1. The van der Waals surface area contributed by atoms with Crippen molar-refractivity contribution in [2.45, 2.75) is 45.6 Å². The highest BCUT2D eigenvalue weighted by Gasteiger charge is 2.33. The van der Waals surface area contributed by atoms with Gasteiger partial charge in [-0.1, -0.05) is 54.6 Å². The van der Waals surface area contributed by atoms with Crippen LogP contribution < -0.4 is 11.0 Å². The molecule has 0 bridgehead atoms. The zero-order valence-corrected chi connectivity index (χ0v) is 21.0. The molecule has 0 saturated heterocycles. The van der Waals surface area contributed by atoms with E-state index in [4.69, 9.17) is 0 Å². The molecule has 0 aliphatic rings. The van der Waals surface area contributed by atoms with Crippen LogP contribution in [0.25, 0.3) is 11.4 Å². The summed E-state index contributed by atoms with van der Waals surface area (Å²) in [6.45, 7) is 4.39. The van der Waals surface area contributed by atoms with Crippen molar-refractivity contribution in [1.29, 1.82) is 0 Å². The van der Waals surface area contributed by atoms with Crippen LogP contribution in [0.2, 0.25) is 0 Å². The average molecular weight is 527 g/mol. The van der Waals surface area contributed by atoms with Crippen molar-refractivity contribution >= 4 is 5.91 Å². The molecule has 4 aromatic rings. The number of nitrogens with one attached hydrogen (secondary N) is 1. The van der Waals surface area contributed by atoms with Crippen molar-refractivity contribution in [1.82, 2.24) is 19.7 Å². The van der Waals surface area contributed by atoms with Crippen molar-refractivity contribution in [3.8, 4) is 11.4 Å². The van der Waals surface area contributed by atoms with Gasteiger partial charge < -0.3 is 5.32 Å². The molecule has 0 fully saturated rings. The standard InChI is InChI=1S/C28H26F4N4O2/c1-18-9-4-6-13-22(18)25-34-36(26(38)35(25)16-19-10-5-7-14-23(19)29)17-24(37)33-27(2,3)20-11-8-12-21(15-20)28(30,31)32/h4-15H,16-17H2,1-3H3,(H,33,37). The van der Waals surface area contributed by atoms with E-state index in [1.807, 2.05) is 19.1 Å². The molecular weight excluding hydrogens is 500 g/mol. The van der Waals surface area contributed by atoms with Crippen LogP contribution in [0.3, 0.4) is 0 Å². The molecule has 198 valence electrons. The molecule has 0 spiro atoms. The highest BCUT2D eigenvalue weighted by molar-refractivity contribution is 5.76. The summed E-state index contributed by atoms with van der Waals surface area (Å²) in [4.78, 5) is 26.3. The van der Waals surface area contributed by atoms with Crippen LogP contribution in [0.1, 0.15) is 36.1 Å². The third-order valence-corrected chi connectivity index (χ3v) is 6.25. The molecule has 38 heavy (non-hydrogen) atoms. The van der Waals surface area contributed by atoms with Gasteiger partial charge >= 0.3 is 11.9 Å². The summed E-state index contributed by atoms with van der Waals surface area (Å²) in [6, 6.07) is 18.0. The maximum atomic E-state index is 14.4. The summed E-state index contributed by atoms with van der Waals surface area (Å²) in [5.41, 5.74) is -0.630. The number of hydrogen-bond acceptors (Lipinski definition) is 3. The van der Waals surface area contributed by atoms with E-state index in [0.29, 0.717) is 5.56 Å². The highest BCUT2D eigenvalue weighted by Crippen LogP contribution is 2.32. The molecule has 4 rings (SSSR count). The number of hydrogen-bond donors (Lipinski definition) is 1. The summed E-state index contributed by atoms with van der Waals surface area (Å²) >= 11 is 0. The molecule has 0 radical (unpaired) electrons. The van der Waals surface area contributed by atoms with Gasteiger partial charge in [0, 0.05) is 11.1 Å². The number of carbonyl (C=O) groups excluding carboxylic acids is 1. The number of rotatable bonds is 7. The maximum Gasteiger partial charge on any atom is 0.416 e.